The van der Waals surface area contributed by atoms with E-state index in [1.165, 1.54) is 5.56 Å². The minimum atomic E-state index is -0.493. The summed E-state index contributed by atoms with van der Waals surface area (Å²) in [7, 11) is 2.02. The van der Waals surface area contributed by atoms with Gasteiger partial charge in [-0.25, -0.2) is 4.99 Å². The predicted molar refractivity (Wildman–Crippen MR) is 117 cm³/mol. The Bertz CT molecular complexity index is 707. The highest BCUT2D eigenvalue weighted by Crippen LogP contribution is 2.14. The van der Waals surface area contributed by atoms with Crippen molar-refractivity contribution >= 4 is 47.2 Å². The summed E-state index contributed by atoms with van der Waals surface area (Å²) >= 11 is 1.69. The van der Waals surface area contributed by atoms with Gasteiger partial charge in [-0.05, 0) is 47.0 Å². The van der Waals surface area contributed by atoms with Crippen LogP contribution in [0.2, 0.25) is 0 Å². The summed E-state index contributed by atoms with van der Waals surface area (Å²) in [6.07, 6.45) is 0. The fourth-order valence-electron chi connectivity index (χ4n) is 2.26. The molecule has 3 N–H and O–H groups in total. The van der Waals surface area contributed by atoms with E-state index in [9.17, 15) is 4.79 Å². The van der Waals surface area contributed by atoms with Gasteiger partial charge in [0.25, 0.3) is 5.91 Å². The van der Waals surface area contributed by atoms with Crippen LogP contribution in [-0.4, -0.2) is 37.0 Å². The van der Waals surface area contributed by atoms with E-state index < -0.39 is 5.91 Å². The highest BCUT2D eigenvalue weighted by atomic mass is 127. The van der Waals surface area contributed by atoms with Crippen LogP contribution in [0.1, 0.15) is 18.1 Å². The van der Waals surface area contributed by atoms with Gasteiger partial charge in [0, 0.05) is 20.1 Å². The van der Waals surface area contributed by atoms with Crippen LogP contribution in [0.5, 0.6) is 5.75 Å². The molecule has 0 spiro atoms. The largest absolute Gasteiger partial charge is 0.484 e. The molecule has 1 aromatic heterocycles. The third-order valence-electron chi connectivity index (χ3n) is 3.39. The highest BCUT2D eigenvalue weighted by Gasteiger charge is 2.07. The number of carbonyl (C=O) groups is 1. The number of guanidine groups is 1. The second-order valence-electron chi connectivity index (χ2n) is 5.56. The third kappa shape index (κ3) is 7.61. The van der Waals surface area contributed by atoms with Gasteiger partial charge in [-0.15, -0.1) is 24.0 Å². The van der Waals surface area contributed by atoms with Crippen molar-refractivity contribution < 1.29 is 9.53 Å². The SMILES string of the molecule is CCNC(=NCc1cccc(OCC(N)=O)c1)N(C)Cc1ccsc1.I. The number of carbonyl (C=O) groups excluding carboxylic acids is 1. The lowest BCUT2D eigenvalue weighted by Gasteiger charge is -2.21. The highest BCUT2D eigenvalue weighted by molar-refractivity contribution is 14.0. The molecule has 0 unspecified atom stereocenters. The molecule has 0 aliphatic rings. The Kier molecular flexibility index (Phi) is 10.0. The van der Waals surface area contributed by atoms with Crippen molar-refractivity contribution in [3.63, 3.8) is 0 Å². The molecule has 8 heteroatoms. The molecule has 0 bridgehead atoms. The molecular weight excluding hydrogens is 463 g/mol. The van der Waals surface area contributed by atoms with Crippen LogP contribution in [0.3, 0.4) is 0 Å². The fraction of sp³-hybridized carbons (Fsp3) is 0.333. The van der Waals surface area contributed by atoms with E-state index in [1.54, 1.807) is 17.4 Å². The number of rotatable bonds is 8. The van der Waals surface area contributed by atoms with E-state index in [1.807, 2.05) is 32.2 Å². The van der Waals surface area contributed by atoms with Gasteiger partial charge < -0.3 is 20.7 Å². The Hall–Kier alpha value is -1.81. The van der Waals surface area contributed by atoms with Gasteiger partial charge in [0.05, 0.1) is 6.54 Å². The van der Waals surface area contributed by atoms with E-state index in [0.29, 0.717) is 12.3 Å². The van der Waals surface area contributed by atoms with E-state index in [2.05, 4.69) is 32.0 Å². The Labute approximate surface area is 175 Å². The number of nitrogens with zero attached hydrogens (tertiary/aromatic N) is 2. The zero-order valence-electron chi connectivity index (χ0n) is 15.0. The third-order valence-corrected chi connectivity index (χ3v) is 4.12. The molecule has 0 fully saturated rings. The first-order chi connectivity index (χ1) is 12.1. The minimum absolute atomic E-state index is 0. The van der Waals surface area contributed by atoms with Gasteiger partial charge in [-0.3, -0.25) is 4.79 Å². The van der Waals surface area contributed by atoms with Crippen LogP contribution in [0, 0.1) is 0 Å². The van der Waals surface area contributed by atoms with Crippen molar-refractivity contribution in [3.8, 4) is 5.75 Å². The lowest BCUT2D eigenvalue weighted by molar-refractivity contribution is -0.119. The van der Waals surface area contributed by atoms with Crippen molar-refractivity contribution in [2.75, 3.05) is 20.2 Å². The first-order valence-electron chi connectivity index (χ1n) is 8.09. The quantitative estimate of drug-likeness (QED) is 0.340. The number of hydrogen-bond acceptors (Lipinski definition) is 4. The van der Waals surface area contributed by atoms with E-state index in [0.717, 1.165) is 24.6 Å². The second-order valence-corrected chi connectivity index (χ2v) is 6.34. The van der Waals surface area contributed by atoms with Crippen LogP contribution in [0.25, 0.3) is 0 Å². The molecule has 1 heterocycles. The summed E-state index contributed by atoms with van der Waals surface area (Å²) in [5.41, 5.74) is 7.37. The van der Waals surface area contributed by atoms with Crippen molar-refractivity contribution in [1.29, 1.82) is 0 Å². The monoisotopic (exact) mass is 488 g/mol. The number of nitrogens with two attached hydrogens (primary N) is 1. The first-order valence-corrected chi connectivity index (χ1v) is 9.03. The van der Waals surface area contributed by atoms with Crippen molar-refractivity contribution in [2.24, 2.45) is 10.7 Å². The first kappa shape index (κ1) is 22.2. The Morgan fingerprint density at radius 2 is 2.15 bits per heavy atom. The summed E-state index contributed by atoms with van der Waals surface area (Å²) in [5.74, 6) is 0.966. The molecule has 142 valence electrons. The number of thiophene rings is 1. The molecule has 0 saturated carbocycles. The maximum atomic E-state index is 10.8. The summed E-state index contributed by atoms with van der Waals surface area (Å²) in [6, 6.07) is 9.63. The Morgan fingerprint density at radius 1 is 1.35 bits per heavy atom. The predicted octanol–water partition coefficient (Wildman–Crippen LogP) is 2.83. The number of halogens is 1. The van der Waals surface area contributed by atoms with E-state index in [4.69, 9.17) is 10.5 Å². The lowest BCUT2D eigenvalue weighted by Crippen LogP contribution is -2.38. The molecule has 1 aromatic carbocycles. The van der Waals surface area contributed by atoms with Crippen LogP contribution >= 0.6 is 35.3 Å². The second kappa shape index (κ2) is 11.7. The van der Waals surface area contributed by atoms with Crippen LogP contribution < -0.4 is 15.8 Å². The molecule has 6 nitrogen and oxygen atoms in total. The van der Waals surface area contributed by atoms with Gasteiger partial charge in [-0.1, -0.05) is 12.1 Å². The van der Waals surface area contributed by atoms with Gasteiger partial charge in [0.2, 0.25) is 0 Å². The van der Waals surface area contributed by atoms with Gasteiger partial charge in [-0.2, -0.15) is 11.3 Å². The van der Waals surface area contributed by atoms with Gasteiger partial charge >= 0.3 is 0 Å². The standard InChI is InChI=1S/C18H24N4O2S.HI/c1-3-20-18(22(2)11-15-7-8-25-13-15)21-10-14-5-4-6-16(9-14)24-12-17(19)23;/h4-9,13H,3,10-12H2,1-2H3,(H2,19,23)(H,20,21);1H. The number of amides is 1. The maximum absolute atomic E-state index is 10.8. The number of primary amides is 1. The average Bonchev–Trinajstić information content (AvgIpc) is 3.10. The van der Waals surface area contributed by atoms with E-state index >= 15 is 0 Å². The normalized spacial score (nSPS) is 10.8. The number of ether oxygens (including phenoxy) is 1. The van der Waals surface area contributed by atoms with Crippen molar-refractivity contribution in [1.82, 2.24) is 10.2 Å². The van der Waals surface area contributed by atoms with Crippen molar-refractivity contribution in [3.05, 3.63) is 52.2 Å². The summed E-state index contributed by atoms with van der Waals surface area (Å²) in [5, 5.41) is 7.52. The topological polar surface area (TPSA) is 80.0 Å². The molecule has 0 aliphatic heterocycles. The average molecular weight is 488 g/mol. The molecular formula is C18H25IN4O2S. The maximum Gasteiger partial charge on any atom is 0.255 e. The Morgan fingerprint density at radius 3 is 2.81 bits per heavy atom. The summed E-state index contributed by atoms with van der Waals surface area (Å²) < 4.78 is 5.33. The molecule has 0 saturated heterocycles. The lowest BCUT2D eigenvalue weighted by atomic mass is 10.2. The number of aliphatic imine (C=N–C) groups is 1. The number of hydrogen-bond donors (Lipinski definition) is 2. The number of nitrogens with one attached hydrogen (secondary N) is 1. The zero-order valence-corrected chi connectivity index (χ0v) is 18.1. The number of benzene rings is 1. The fourth-order valence-corrected chi connectivity index (χ4v) is 2.92. The van der Waals surface area contributed by atoms with E-state index in [-0.39, 0.29) is 30.6 Å². The molecule has 1 amide bonds. The van der Waals surface area contributed by atoms with Crippen molar-refractivity contribution in [2.45, 2.75) is 20.0 Å². The van der Waals surface area contributed by atoms with Crippen LogP contribution in [0.4, 0.5) is 0 Å². The molecule has 0 atom stereocenters. The van der Waals surface area contributed by atoms with Gasteiger partial charge in [0.1, 0.15) is 5.75 Å². The minimum Gasteiger partial charge on any atom is -0.484 e. The summed E-state index contributed by atoms with van der Waals surface area (Å²) in [4.78, 5) is 17.6. The summed E-state index contributed by atoms with van der Waals surface area (Å²) in [6.45, 7) is 4.04. The smallest absolute Gasteiger partial charge is 0.255 e. The molecule has 0 radical (unpaired) electrons. The molecule has 0 aliphatic carbocycles. The molecule has 2 aromatic rings. The Balaban J connectivity index is 0.00000338. The molecule has 26 heavy (non-hydrogen) atoms. The van der Waals surface area contributed by atoms with Crippen LogP contribution in [0.15, 0.2) is 46.1 Å². The zero-order chi connectivity index (χ0) is 18.1. The van der Waals surface area contributed by atoms with Gasteiger partial charge in [0.15, 0.2) is 12.6 Å². The molecule has 2 rings (SSSR count). The van der Waals surface area contributed by atoms with Crippen LogP contribution in [-0.2, 0) is 17.9 Å².